The van der Waals surface area contributed by atoms with Crippen molar-refractivity contribution in [2.75, 3.05) is 26.8 Å². The maximum Gasteiger partial charge on any atom is 0.222 e. The van der Waals surface area contributed by atoms with Gasteiger partial charge in [0.2, 0.25) is 5.91 Å². The van der Waals surface area contributed by atoms with Gasteiger partial charge in [0.1, 0.15) is 6.10 Å². The summed E-state index contributed by atoms with van der Waals surface area (Å²) >= 11 is 0. The van der Waals surface area contributed by atoms with E-state index in [1.54, 1.807) is 7.11 Å². The molecule has 2 aliphatic rings. The van der Waals surface area contributed by atoms with Crippen molar-refractivity contribution in [3.05, 3.63) is 36.0 Å². The number of ether oxygens (including phenoxy) is 2. The van der Waals surface area contributed by atoms with E-state index in [0.29, 0.717) is 13.0 Å². The second kappa shape index (κ2) is 6.81. The lowest BCUT2D eigenvalue weighted by Gasteiger charge is -2.44. The highest BCUT2D eigenvalue weighted by Crippen LogP contribution is 2.37. The van der Waals surface area contributed by atoms with Crippen LogP contribution in [-0.4, -0.2) is 54.3 Å². The van der Waals surface area contributed by atoms with E-state index in [9.17, 15) is 4.79 Å². The second-order valence-electron chi connectivity index (χ2n) is 7.19. The minimum Gasteiger partial charge on any atom is -0.377 e. The Bertz CT molecular complexity index is 748. The number of para-hydroxylation sites is 1. The van der Waals surface area contributed by atoms with Crippen molar-refractivity contribution in [1.29, 1.82) is 0 Å². The molecule has 2 aromatic rings. The Hall–Kier alpha value is -1.85. The number of nitrogens with zero attached hydrogens (tertiary/aromatic N) is 1. The first-order chi connectivity index (χ1) is 12.2. The van der Waals surface area contributed by atoms with E-state index < -0.39 is 0 Å². The molecule has 0 bridgehead atoms. The molecule has 0 radical (unpaired) electrons. The fourth-order valence-electron chi connectivity index (χ4n) is 4.37. The molecular formula is C20H26N2O3. The lowest BCUT2D eigenvalue weighted by molar-refractivity contribution is -0.158. The van der Waals surface area contributed by atoms with Crippen LogP contribution in [0.15, 0.2) is 30.5 Å². The summed E-state index contributed by atoms with van der Waals surface area (Å²) in [6.45, 7) is 2.23. The van der Waals surface area contributed by atoms with Crippen molar-refractivity contribution >= 4 is 16.8 Å². The molecular weight excluding hydrogens is 316 g/mol. The van der Waals surface area contributed by atoms with Crippen molar-refractivity contribution in [2.24, 2.45) is 0 Å². The zero-order valence-corrected chi connectivity index (χ0v) is 14.8. The monoisotopic (exact) mass is 342 g/mol. The first-order valence-corrected chi connectivity index (χ1v) is 9.21. The van der Waals surface area contributed by atoms with E-state index in [-0.39, 0.29) is 17.6 Å². The normalized spacial score (nSPS) is 26.6. The number of carbonyl (C=O) groups is 1. The third-order valence-corrected chi connectivity index (χ3v) is 5.83. The van der Waals surface area contributed by atoms with Gasteiger partial charge in [0.15, 0.2) is 0 Å². The number of benzene rings is 1. The number of carbonyl (C=O) groups excluding carboxylic acids is 1. The number of nitrogens with one attached hydrogen (secondary N) is 1. The molecule has 134 valence electrons. The predicted molar refractivity (Wildman–Crippen MR) is 96.5 cm³/mol. The van der Waals surface area contributed by atoms with Crippen LogP contribution < -0.4 is 0 Å². The Morgan fingerprint density at radius 1 is 1.40 bits per heavy atom. The molecule has 0 unspecified atom stereocenters. The van der Waals surface area contributed by atoms with E-state index >= 15 is 0 Å². The molecule has 25 heavy (non-hydrogen) atoms. The fraction of sp³-hybridized carbons (Fsp3) is 0.550. The van der Waals surface area contributed by atoms with Gasteiger partial charge in [-0.05, 0) is 37.3 Å². The van der Waals surface area contributed by atoms with Crippen LogP contribution in [-0.2, 0) is 20.7 Å². The number of rotatable bonds is 4. The molecule has 1 aromatic heterocycles. The van der Waals surface area contributed by atoms with E-state index in [0.717, 1.165) is 44.4 Å². The van der Waals surface area contributed by atoms with Crippen molar-refractivity contribution < 1.29 is 14.3 Å². The number of H-pyrrole nitrogens is 1. The largest absolute Gasteiger partial charge is 0.377 e. The third-order valence-electron chi connectivity index (χ3n) is 5.83. The summed E-state index contributed by atoms with van der Waals surface area (Å²) in [6.07, 6.45) is 6.32. The summed E-state index contributed by atoms with van der Waals surface area (Å²) in [5.41, 5.74) is 2.17. The van der Waals surface area contributed by atoms with Crippen molar-refractivity contribution in [2.45, 2.75) is 43.8 Å². The third kappa shape index (κ3) is 3.07. The number of amides is 1. The molecule has 1 N–H and O–H groups in total. The average Bonchev–Trinajstić information content (AvgIpc) is 3.28. The van der Waals surface area contributed by atoms with Gasteiger partial charge in [-0.2, -0.15) is 0 Å². The average molecular weight is 342 g/mol. The highest BCUT2D eigenvalue weighted by atomic mass is 16.5. The predicted octanol–water partition coefficient (Wildman–Crippen LogP) is 2.90. The van der Waals surface area contributed by atoms with Gasteiger partial charge < -0.3 is 19.4 Å². The first-order valence-electron chi connectivity index (χ1n) is 9.21. The summed E-state index contributed by atoms with van der Waals surface area (Å²) in [4.78, 5) is 17.9. The van der Waals surface area contributed by atoms with Gasteiger partial charge in [0.05, 0.1) is 5.60 Å². The summed E-state index contributed by atoms with van der Waals surface area (Å²) in [6, 6.07) is 8.23. The SMILES string of the molecule is CO[C@H]1CN(C(=O)CCc2c[nH]c3ccccc23)CC[C@@]12CCCO2. The highest BCUT2D eigenvalue weighted by molar-refractivity contribution is 5.84. The molecule has 5 nitrogen and oxygen atoms in total. The standard InChI is InChI=1S/C20H26N2O3/c1-24-18-14-22(11-10-20(18)9-4-12-25-20)19(23)8-7-15-13-21-17-6-3-2-5-16(15)17/h2-3,5-6,13,18,21H,4,7-12,14H2,1H3/t18-,20-/m0/s1. The number of aromatic nitrogens is 1. The van der Waals surface area contributed by atoms with Gasteiger partial charge in [-0.3, -0.25) is 4.79 Å². The molecule has 2 fully saturated rings. The van der Waals surface area contributed by atoms with E-state index in [4.69, 9.17) is 9.47 Å². The minimum absolute atomic E-state index is 0.0132. The molecule has 0 aliphatic carbocycles. The molecule has 4 rings (SSSR count). The summed E-state index contributed by atoms with van der Waals surface area (Å²) in [5.74, 6) is 0.208. The lowest BCUT2D eigenvalue weighted by Crippen LogP contribution is -2.57. The Balaban J connectivity index is 1.38. The van der Waals surface area contributed by atoms with Gasteiger partial charge in [-0.15, -0.1) is 0 Å². The van der Waals surface area contributed by atoms with Crippen LogP contribution >= 0.6 is 0 Å². The number of fused-ring (bicyclic) bond motifs is 1. The number of piperidine rings is 1. The van der Waals surface area contributed by atoms with E-state index in [1.165, 1.54) is 10.9 Å². The number of hydrogen-bond donors (Lipinski definition) is 1. The Morgan fingerprint density at radius 3 is 3.08 bits per heavy atom. The van der Waals surface area contributed by atoms with Gasteiger partial charge in [-0.1, -0.05) is 18.2 Å². The topological polar surface area (TPSA) is 54.6 Å². The summed E-state index contributed by atoms with van der Waals surface area (Å²) in [5, 5.41) is 1.21. The highest BCUT2D eigenvalue weighted by Gasteiger charge is 2.47. The molecule has 2 aliphatic heterocycles. The zero-order valence-electron chi connectivity index (χ0n) is 14.8. The van der Waals surface area contributed by atoms with Crippen LogP contribution in [0.3, 0.4) is 0 Å². The maximum atomic E-state index is 12.7. The summed E-state index contributed by atoms with van der Waals surface area (Å²) in [7, 11) is 1.73. The zero-order chi connectivity index (χ0) is 17.3. The number of methoxy groups -OCH3 is 1. The molecule has 0 saturated carbocycles. The van der Waals surface area contributed by atoms with Crippen LogP contribution in [0.2, 0.25) is 0 Å². The Morgan fingerprint density at radius 2 is 2.28 bits per heavy atom. The van der Waals surface area contributed by atoms with Gasteiger partial charge in [-0.25, -0.2) is 0 Å². The molecule has 1 aromatic carbocycles. The van der Waals surface area contributed by atoms with Crippen molar-refractivity contribution in [1.82, 2.24) is 9.88 Å². The molecule has 2 atom stereocenters. The van der Waals surface area contributed by atoms with Crippen LogP contribution in [0.25, 0.3) is 10.9 Å². The molecule has 1 spiro atoms. The van der Waals surface area contributed by atoms with E-state index in [2.05, 4.69) is 17.1 Å². The van der Waals surface area contributed by atoms with Crippen LogP contribution in [0.4, 0.5) is 0 Å². The van der Waals surface area contributed by atoms with Crippen LogP contribution in [0, 0.1) is 0 Å². The van der Waals surface area contributed by atoms with E-state index in [1.807, 2.05) is 23.2 Å². The molecule has 5 heteroatoms. The fourth-order valence-corrected chi connectivity index (χ4v) is 4.37. The Kier molecular flexibility index (Phi) is 4.52. The number of aryl methyl sites for hydroxylation is 1. The number of hydrogen-bond acceptors (Lipinski definition) is 3. The quantitative estimate of drug-likeness (QED) is 0.929. The van der Waals surface area contributed by atoms with Gasteiger partial charge >= 0.3 is 0 Å². The van der Waals surface area contributed by atoms with Gasteiger partial charge in [0.25, 0.3) is 0 Å². The first kappa shape index (κ1) is 16.6. The molecule has 1 amide bonds. The number of aromatic amines is 1. The smallest absolute Gasteiger partial charge is 0.222 e. The minimum atomic E-state index is -0.164. The van der Waals surface area contributed by atoms with Crippen LogP contribution in [0.1, 0.15) is 31.2 Å². The second-order valence-corrected chi connectivity index (χ2v) is 7.19. The molecule has 3 heterocycles. The van der Waals surface area contributed by atoms with Crippen molar-refractivity contribution in [3.63, 3.8) is 0 Å². The Labute approximate surface area is 148 Å². The lowest BCUT2D eigenvalue weighted by atomic mass is 9.85. The summed E-state index contributed by atoms with van der Waals surface area (Å²) < 4.78 is 11.7. The maximum absolute atomic E-state index is 12.7. The van der Waals surface area contributed by atoms with Crippen molar-refractivity contribution in [3.8, 4) is 0 Å². The van der Waals surface area contributed by atoms with Gasteiger partial charge in [0, 0.05) is 50.3 Å². The van der Waals surface area contributed by atoms with Crippen LogP contribution in [0.5, 0.6) is 0 Å². The number of likely N-dealkylation sites (tertiary alicyclic amines) is 1. The molecule has 2 saturated heterocycles.